The second-order valence-electron chi connectivity index (χ2n) is 6.67. The molecule has 0 aliphatic carbocycles. The van der Waals surface area contributed by atoms with E-state index in [1.807, 2.05) is 30.3 Å². The first-order valence-electron chi connectivity index (χ1n) is 8.62. The average molecular weight is 364 g/mol. The van der Waals surface area contributed by atoms with Crippen LogP contribution >= 0.6 is 11.3 Å². The van der Waals surface area contributed by atoms with E-state index in [4.69, 9.17) is 5.10 Å². The fourth-order valence-electron chi connectivity index (χ4n) is 3.59. The van der Waals surface area contributed by atoms with Crippen molar-refractivity contribution in [3.63, 3.8) is 0 Å². The minimum Gasteiger partial charge on any atom is -0.307 e. The first-order chi connectivity index (χ1) is 12.7. The second kappa shape index (κ2) is 6.00. The third-order valence-electron chi connectivity index (χ3n) is 4.85. The number of halogens is 1. The Bertz CT molecular complexity index is 1100. The van der Waals surface area contributed by atoms with Crippen LogP contribution in [0.1, 0.15) is 12.6 Å². The molecule has 0 bridgehead atoms. The maximum absolute atomic E-state index is 13.6. The Balaban J connectivity index is 1.74. The standard InChI is InChI=1S/C20H17FN4S/c1-12-11-25-16(10-23-12)19(13-4-6-22-7-5-13)20(24-25)15-3-2-14-9-18(21)26-17(14)8-15/h2-9,12,23H,10-11H2,1H3/t12-/m1/s1. The molecule has 130 valence electrons. The number of nitrogens with zero attached hydrogens (tertiary/aromatic N) is 3. The van der Waals surface area contributed by atoms with Gasteiger partial charge in [0.15, 0.2) is 5.13 Å². The molecule has 1 atom stereocenters. The lowest BCUT2D eigenvalue weighted by Crippen LogP contribution is -2.36. The Morgan fingerprint density at radius 1 is 1.15 bits per heavy atom. The summed E-state index contributed by atoms with van der Waals surface area (Å²) in [7, 11) is 0. The number of thiophene rings is 1. The summed E-state index contributed by atoms with van der Waals surface area (Å²) in [5, 5.41) is 9.22. The van der Waals surface area contributed by atoms with Gasteiger partial charge in [-0.15, -0.1) is 11.3 Å². The molecule has 0 saturated carbocycles. The van der Waals surface area contributed by atoms with Gasteiger partial charge in [-0.1, -0.05) is 12.1 Å². The zero-order chi connectivity index (χ0) is 17.7. The van der Waals surface area contributed by atoms with E-state index < -0.39 is 0 Å². The summed E-state index contributed by atoms with van der Waals surface area (Å²) in [5.74, 6) is 0. The molecule has 0 unspecified atom stereocenters. The van der Waals surface area contributed by atoms with E-state index in [0.29, 0.717) is 6.04 Å². The van der Waals surface area contributed by atoms with Gasteiger partial charge in [0, 0.05) is 40.8 Å². The van der Waals surface area contributed by atoms with Gasteiger partial charge < -0.3 is 5.32 Å². The lowest BCUT2D eigenvalue weighted by Gasteiger charge is -2.22. The molecule has 3 aromatic heterocycles. The van der Waals surface area contributed by atoms with Crippen LogP contribution in [0.25, 0.3) is 32.5 Å². The monoisotopic (exact) mass is 364 g/mol. The Kier molecular flexibility index (Phi) is 3.62. The lowest BCUT2D eigenvalue weighted by atomic mass is 9.98. The quantitative estimate of drug-likeness (QED) is 0.571. The van der Waals surface area contributed by atoms with Gasteiger partial charge in [-0.25, -0.2) is 0 Å². The van der Waals surface area contributed by atoms with Crippen molar-refractivity contribution in [2.75, 3.05) is 0 Å². The minimum atomic E-state index is -0.159. The number of hydrogen-bond acceptors (Lipinski definition) is 4. The van der Waals surface area contributed by atoms with Crippen LogP contribution in [0.2, 0.25) is 0 Å². The maximum Gasteiger partial charge on any atom is 0.177 e. The first-order valence-corrected chi connectivity index (χ1v) is 9.43. The normalized spacial score (nSPS) is 16.8. The van der Waals surface area contributed by atoms with Crippen molar-refractivity contribution >= 4 is 21.4 Å². The maximum atomic E-state index is 13.6. The summed E-state index contributed by atoms with van der Waals surface area (Å²) < 4.78 is 16.7. The van der Waals surface area contributed by atoms with Crippen LogP contribution in [-0.4, -0.2) is 20.8 Å². The summed E-state index contributed by atoms with van der Waals surface area (Å²) in [6, 6.07) is 12.0. The molecule has 0 amide bonds. The Morgan fingerprint density at radius 2 is 2.00 bits per heavy atom. The number of pyridine rings is 1. The third kappa shape index (κ3) is 2.53. The van der Waals surface area contributed by atoms with Gasteiger partial charge in [-0.3, -0.25) is 9.67 Å². The van der Waals surface area contributed by atoms with E-state index in [0.717, 1.165) is 45.6 Å². The van der Waals surface area contributed by atoms with Crippen LogP contribution in [-0.2, 0) is 13.1 Å². The number of hydrogen-bond donors (Lipinski definition) is 1. The number of fused-ring (bicyclic) bond motifs is 2. The van der Waals surface area contributed by atoms with Crippen LogP contribution in [0.15, 0.2) is 48.8 Å². The van der Waals surface area contributed by atoms with Crippen LogP contribution in [0.3, 0.4) is 0 Å². The Hall–Kier alpha value is -2.57. The van der Waals surface area contributed by atoms with Crippen molar-refractivity contribution in [3.05, 3.63) is 59.6 Å². The minimum absolute atomic E-state index is 0.159. The smallest absolute Gasteiger partial charge is 0.177 e. The van der Waals surface area contributed by atoms with Gasteiger partial charge in [0.25, 0.3) is 0 Å². The molecule has 1 aliphatic rings. The van der Waals surface area contributed by atoms with E-state index in [-0.39, 0.29) is 5.13 Å². The van der Waals surface area contributed by atoms with Crippen LogP contribution in [0.4, 0.5) is 4.39 Å². The molecule has 1 aromatic carbocycles. The summed E-state index contributed by atoms with van der Waals surface area (Å²) >= 11 is 1.17. The molecule has 4 heterocycles. The van der Waals surface area contributed by atoms with Gasteiger partial charge in [-0.2, -0.15) is 9.49 Å². The molecule has 1 aliphatic heterocycles. The van der Waals surface area contributed by atoms with Gasteiger partial charge in [-0.05, 0) is 42.1 Å². The molecule has 0 spiro atoms. The Morgan fingerprint density at radius 3 is 2.85 bits per heavy atom. The third-order valence-corrected chi connectivity index (χ3v) is 5.74. The van der Waals surface area contributed by atoms with Crippen LogP contribution < -0.4 is 5.32 Å². The zero-order valence-corrected chi connectivity index (χ0v) is 15.1. The summed E-state index contributed by atoms with van der Waals surface area (Å²) in [6.07, 6.45) is 3.61. The molecule has 6 heteroatoms. The average Bonchev–Trinajstić information content (AvgIpc) is 3.20. The first kappa shape index (κ1) is 15.7. The van der Waals surface area contributed by atoms with Crippen molar-refractivity contribution in [3.8, 4) is 22.4 Å². The van der Waals surface area contributed by atoms with Crippen molar-refractivity contribution in [2.45, 2.75) is 26.1 Å². The van der Waals surface area contributed by atoms with E-state index >= 15 is 0 Å². The molecular formula is C20H17FN4S. The number of rotatable bonds is 2. The zero-order valence-electron chi connectivity index (χ0n) is 14.2. The highest BCUT2D eigenvalue weighted by Crippen LogP contribution is 2.37. The lowest BCUT2D eigenvalue weighted by molar-refractivity contribution is 0.390. The fourth-order valence-corrected chi connectivity index (χ4v) is 4.42. The van der Waals surface area contributed by atoms with E-state index in [1.165, 1.54) is 17.0 Å². The molecule has 4 aromatic rings. The number of benzene rings is 1. The molecule has 5 rings (SSSR count). The van der Waals surface area contributed by atoms with E-state index in [9.17, 15) is 4.39 Å². The van der Waals surface area contributed by atoms with Gasteiger partial charge in [0.1, 0.15) is 5.69 Å². The summed E-state index contributed by atoms with van der Waals surface area (Å²) in [6.45, 7) is 3.78. The molecule has 4 nitrogen and oxygen atoms in total. The SMILES string of the molecule is C[C@@H]1Cn2nc(-c3ccc4cc(F)sc4c3)c(-c3ccncc3)c2CN1. The second-order valence-corrected chi connectivity index (χ2v) is 7.71. The Labute approximate surface area is 154 Å². The predicted octanol–water partition coefficient (Wildman–Crippen LogP) is 4.46. The highest BCUT2D eigenvalue weighted by atomic mass is 32.1. The molecule has 26 heavy (non-hydrogen) atoms. The predicted molar refractivity (Wildman–Crippen MR) is 103 cm³/mol. The number of aromatic nitrogens is 3. The van der Waals surface area contributed by atoms with E-state index in [1.54, 1.807) is 18.5 Å². The van der Waals surface area contributed by atoms with Gasteiger partial charge in [0.2, 0.25) is 0 Å². The molecule has 1 N–H and O–H groups in total. The van der Waals surface area contributed by atoms with Gasteiger partial charge >= 0.3 is 0 Å². The highest BCUT2D eigenvalue weighted by Gasteiger charge is 2.24. The summed E-state index contributed by atoms with van der Waals surface area (Å²) in [5.41, 5.74) is 5.37. The highest BCUT2D eigenvalue weighted by molar-refractivity contribution is 7.17. The summed E-state index contributed by atoms with van der Waals surface area (Å²) in [4.78, 5) is 4.14. The van der Waals surface area contributed by atoms with E-state index in [2.05, 4.69) is 21.9 Å². The largest absolute Gasteiger partial charge is 0.307 e. The van der Waals surface area contributed by atoms with Crippen LogP contribution in [0, 0.1) is 5.13 Å². The van der Waals surface area contributed by atoms with Crippen molar-refractivity contribution in [1.82, 2.24) is 20.1 Å². The van der Waals surface area contributed by atoms with Gasteiger partial charge in [0.05, 0.1) is 12.2 Å². The molecule has 0 fully saturated rings. The molecular weight excluding hydrogens is 347 g/mol. The van der Waals surface area contributed by atoms with Crippen molar-refractivity contribution in [2.24, 2.45) is 0 Å². The van der Waals surface area contributed by atoms with Crippen molar-refractivity contribution in [1.29, 1.82) is 0 Å². The van der Waals surface area contributed by atoms with Crippen molar-refractivity contribution < 1.29 is 4.39 Å². The molecule has 0 radical (unpaired) electrons. The topological polar surface area (TPSA) is 42.7 Å². The van der Waals surface area contributed by atoms with Crippen LogP contribution in [0.5, 0.6) is 0 Å². The fraction of sp³-hybridized carbons (Fsp3) is 0.200. The number of nitrogens with one attached hydrogen (secondary N) is 1. The molecule has 0 saturated heterocycles.